The zero-order chi connectivity index (χ0) is 13.6. The monoisotopic (exact) mass is 254 g/mol. The molecule has 2 fully saturated rings. The summed E-state index contributed by atoms with van der Waals surface area (Å²) in [5, 5.41) is 0. The number of hydrogen-bond donors (Lipinski definition) is 1. The van der Waals surface area contributed by atoms with Crippen LogP contribution in [0.4, 0.5) is 0 Å². The van der Waals surface area contributed by atoms with Gasteiger partial charge in [-0.05, 0) is 40.5 Å². The van der Waals surface area contributed by atoms with Crippen LogP contribution in [0, 0.1) is 0 Å². The summed E-state index contributed by atoms with van der Waals surface area (Å²) in [6.45, 7) is 9.40. The van der Waals surface area contributed by atoms with Crippen LogP contribution >= 0.6 is 0 Å². The summed E-state index contributed by atoms with van der Waals surface area (Å²) >= 11 is 0. The van der Waals surface area contributed by atoms with Crippen molar-refractivity contribution in [1.29, 1.82) is 0 Å². The first-order valence-corrected chi connectivity index (χ1v) is 6.92. The van der Waals surface area contributed by atoms with Gasteiger partial charge in [0.25, 0.3) is 0 Å². The molecule has 4 nitrogen and oxygen atoms in total. The van der Waals surface area contributed by atoms with Crippen molar-refractivity contribution >= 4 is 5.91 Å². The van der Waals surface area contributed by atoms with Crippen LogP contribution in [-0.2, 0) is 9.53 Å². The van der Waals surface area contributed by atoms with E-state index in [1.54, 1.807) is 0 Å². The van der Waals surface area contributed by atoms with Gasteiger partial charge in [-0.2, -0.15) is 0 Å². The number of nitrogens with two attached hydrogens (primary N) is 1. The summed E-state index contributed by atoms with van der Waals surface area (Å²) in [6, 6.07) is 0. The van der Waals surface area contributed by atoms with Crippen molar-refractivity contribution in [1.82, 2.24) is 4.90 Å². The van der Waals surface area contributed by atoms with Crippen LogP contribution in [0.5, 0.6) is 0 Å². The minimum atomic E-state index is -0.622. The molecule has 1 saturated carbocycles. The molecule has 2 N–H and O–H groups in total. The predicted octanol–water partition coefficient (Wildman–Crippen LogP) is 1.67. The van der Waals surface area contributed by atoms with E-state index in [-0.39, 0.29) is 17.1 Å². The van der Waals surface area contributed by atoms with Gasteiger partial charge in [-0.1, -0.05) is 12.8 Å². The highest BCUT2D eigenvalue weighted by atomic mass is 16.5. The maximum absolute atomic E-state index is 12.6. The van der Waals surface area contributed by atoms with E-state index in [0.717, 1.165) is 25.7 Å². The van der Waals surface area contributed by atoms with Gasteiger partial charge in [0.1, 0.15) is 0 Å². The molecule has 1 aliphatic carbocycles. The molecule has 2 aliphatic rings. The topological polar surface area (TPSA) is 55.6 Å². The zero-order valence-corrected chi connectivity index (χ0v) is 12.1. The Labute approximate surface area is 110 Å². The molecule has 104 valence electrons. The molecule has 1 aliphatic heterocycles. The maximum Gasteiger partial charge on any atom is 0.242 e. The third-order valence-electron chi connectivity index (χ3n) is 3.90. The van der Waals surface area contributed by atoms with E-state index in [2.05, 4.69) is 0 Å². The Balaban J connectivity index is 2.15. The fourth-order valence-corrected chi connectivity index (χ4v) is 3.47. The fourth-order valence-electron chi connectivity index (χ4n) is 3.47. The lowest BCUT2D eigenvalue weighted by Crippen LogP contribution is -2.64. The molecule has 1 amide bonds. The molecule has 1 saturated heterocycles. The smallest absolute Gasteiger partial charge is 0.242 e. The molecule has 18 heavy (non-hydrogen) atoms. The van der Waals surface area contributed by atoms with E-state index in [4.69, 9.17) is 10.5 Å². The number of carbonyl (C=O) groups is 1. The minimum Gasteiger partial charge on any atom is -0.366 e. The summed E-state index contributed by atoms with van der Waals surface area (Å²) in [4.78, 5) is 14.6. The van der Waals surface area contributed by atoms with E-state index in [1.165, 1.54) is 0 Å². The summed E-state index contributed by atoms with van der Waals surface area (Å²) < 4.78 is 6.00. The number of rotatable bonds is 1. The van der Waals surface area contributed by atoms with Crippen molar-refractivity contribution in [3.05, 3.63) is 0 Å². The molecule has 2 rings (SSSR count). The van der Waals surface area contributed by atoms with Gasteiger partial charge in [0, 0.05) is 13.1 Å². The van der Waals surface area contributed by atoms with E-state index >= 15 is 0 Å². The van der Waals surface area contributed by atoms with E-state index in [9.17, 15) is 4.79 Å². The van der Waals surface area contributed by atoms with Gasteiger partial charge in [-0.15, -0.1) is 0 Å². The standard InChI is InChI=1S/C14H26N2O2/c1-12(2)9-16(10-13(3,4)18-12)11(17)14(15)7-5-6-8-14/h5-10,15H2,1-4H3. The Morgan fingerprint density at radius 3 is 1.94 bits per heavy atom. The first-order chi connectivity index (χ1) is 8.14. The first kappa shape index (κ1) is 13.8. The summed E-state index contributed by atoms with van der Waals surface area (Å²) in [6.07, 6.45) is 3.78. The van der Waals surface area contributed by atoms with Crippen molar-refractivity contribution in [3.8, 4) is 0 Å². The highest BCUT2D eigenvalue weighted by molar-refractivity contribution is 5.86. The van der Waals surface area contributed by atoms with Gasteiger partial charge in [0.2, 0.25) is 5.91 Å². The maximum atomic E-state index is 12.6. The van der Waals surface area contributed by atoms with Crippen molar-refractivity contribution in [2.45, 2.75) is 70.1 Å². The molecule has 0 aromatic rings. The van der Waals surface area contributed by atoms with Gasteiger partial charge >= 0.3 is 0 Å². The fraction of sp³-hybridized carbons (Fsp3) is 0.929. The molecule has 1 heterocycles. The van der Waals surface area contributed by atoms with E-state index < -0.39 is 5.54 Å². The van der Waals surface area contributed by atoms with Crippen LogP contribution in [0.25, 0.3) is 0 Å². The van der Waals surface area contributed by atoms with Crippen LogP contribution in [0.3, 0.4) is 0 Å². The third kappa shape index (κ3) is 2.69. The largest absolute Gasteiger partial charge is 0.366 e. The van der Waals surface area contributed by atoms with Crippen LogP contribution in [0.15, 0.2) is 0 Å². The SMILES string of the molecule is CC1(C)CN(C(=O)C2(N)CCCC2)CC(C)(C)O1. The van der Waals surface area contributed by atoms with Gasteiger partial charge in [0.05, 0.1) is 16.7 Å². The number of amides is 1. The molecule has 0 bridgehead atoms. The quantitative estimate of drug-likeness (QED) is 0.774. The molecule has 0 unspecified atom stereocenters. The van der Waals surface area contributed by atoms with E-state index in [1.807, 2.05) is 32.6 Å². The average Bonchev–Trinajstić information content (AvgIpc) is 2.60. The Hall–Kier alpha value is -0.610. The average molecular weight is 254 g/mol. The van der Waals surface area contributed by atoms with E-state index in [0.29, 0.717) is 13.1 Å². The molecular formula is C14H26N2O2. The minimum absolute atomic E-state index is 0.115. The molecule has 4 heteroatoms. The van der Waals surface area contributed by atoms with Gasteiger partial charge in [0.15, 0.2) is 0 Å². The molecule has 0 spiro atoms. The molecule has 0 atom stereocenters. The highest BCUT2D eigenvalue weighted by Gasteiger charge is 2.46. The summed E-state index contributed by atoms with van der Waals surface area (Å²) in [5.74, 6) is 0.115. The predicted molar refractivity (Wildman–Crippen MR) is 71.2 cm³/mol. The normalized spacial score (nSPS) is 29.3. The number of nitrogens with zero attached hydrogens (tertiary/aromatic N) is 1. The van der Waals surface area contributed by atoms with Gasteiger partial charge in [-0.25, -0.2) is 0 Å². The third-order valence-corrected chi connectivity index (χ3v) is 3.90. The Morgan fingerprint density at radius 1 is 1.06 bits per heavy atom. The molecule has 0 radical (unpaired) electrons. The second-order valence-corrected chi connectivity index (χ2v) is 7.15. The second-order valence-electron chi connectivity index (χ2n) is 7.15. The van der Waals surface area contributed by atoms with Crippen LogP contribution in [0.1, 0.15) is 53.4 Å². The zero-order valence-electron chi connectivity index (χ0n) is 12.1. The van der Waals surface area contributed by atoms with Gasteiger partial charge in [-0.3, -0.25) is 4.79 Å². The Kier molecular flexibility index (Phi) is 3.23. The lowest BCUT2D eigenvalue weighted by Gasteiger charge is -2.48. The summed E-state index contributed by atoms with van der Waals surface area (Å²) in [7, 11) is 0. The van der Waals surface area contributed by atoms with Crippen molar-refractivity contribution in [3.63, 3.8) is 0 Å². The Bertz CT molecular complexity index is 328. The van der Waals surface area contributed by atoms with Crippen LogP contribution in [0.2, 0.25) is 0 Å². The highest BCUT2D eigenvalue weighted by Crippen LogP contribution is 2.33. The Morgan fingerprint density at radius 2 is 1.50 bits per heavy atom. The summed E-state index contributed by atoms with van der Waals surface area (Å²) in [5.41, 5.74) is 5.06. The molecule has 0 aromatic carbocycles. The number of hydrogen-bond acceptors (Lipinski definition) is 3. The lowest BCUT2D eigenvalue weighted by molar-refractivity contribution is -0.190. The molecular weight excluding hydrogens is 228 g/mol. The van der Waals surface area contributed by atoms with Crippen LogP contribution < -0.4 is 5.73 Å². The number of carbonyl (C=O) groups excluding carboxylic acids is 1. The number of ether oxygens (including phenoxy) is 1. The lowest BCUT2D eigenvalue weighted by atomic mass is 9.93. The van der Waals surface area contributed by atoms with Crippen molar-refractivity contribution in [2.75, 3.05) is 13.1 Å². The van der Waals surface area contributed by atoms with Crippen LogP contribution in [-0.4, -0.2) is 40.6 Å². The van der Waals surface area contributed by atoms with Crippen molar-refractivity contribution in [2.24, 2.45) is 5.73 Å². The first-order valence-electron chi connectivity index (χ1n) is 6.92. The van der Waals surface area contributed by atoms with Crippen molar-refractivity contribution < 1.29 is 9.53 Å². The number of morpholine rings is 1. The van der Waals surface area contributed by atoms with Gasteiger partial charge < -0.3 is 15.4 Å². The molecule has 0 aromatic heterocycles. The second kappa shape index (κ2) is 4.20.